The molecular formula is C15H13BrClN5O. The van der Waals surface area contributed by atoms with Crippen LogP contribution in [0, 0.1) is 0 Å². The van der Waals surface area contributed by atoms with Crippen molar-refractivity contribution in [1.29, 1.82) is 0 Å². The standard InChI is InChI=1S/C15H13BrClN5O/c1-21-9-13(16)14(20-21)15(23)19-12-4-2-3-10(5-12)7-22-8-11(17)6-18-22/h2-6,8-9H,7H2,1H3,(H,19,23). The number of aromatic nitrogens is 4. The van der Waals surface area contributed by atoms with Crippen LogP contribution in [0.4, 0.5) is 5.69 Å². The van der Waals surface area contributed by atoms with Crippen molar-refractivity contribution in [3.63, 3.8) is 0 Å². The van der Waals surface area contributed by atoms with Gasteiger partial charge in [-0.3, -0.25) is 14.2 Å². The zero-order chi connectivity index (χ0) is 16.4. The second-order valence-corrected chi connectivity index (χ2v) is 6.30. The van der Waals surface area contributed by atoms with Gasteiger partial charge in [-0.15, -0.1) is 0 Å². The maximum absolute atomic E-state index is 12.3. The number of amides is 1. The molecule has 0 fully saturated rings. The van der Waals surface area contributed by atoms with Gasteiger partial charge in [0.25, 0.3) is 5.91 Å². The first kappa shape index (κ1) is 15.8. The molecule has 118 valence electrons. The molecule has 0 bridgehead atoms. The third-order valence-corrected chi connectivity index (χ3v) is 3.91. The minimum Gasteiger partial charge on any atom is -0.321 e. The van der Waals surface area contributed by atoms with Crippen molar-refractivity contribution in [2.45, 2.75) is 6.54 Å². The van der Waals surface area contributed by atoms with Crippen LogP contribution in [0.25, 0.3) is 0 Å². The van der Waals surface area contributed by atoms with E-state index in [1.54, 1.807) is 35.0 Å². The van der Waals surface area contributed by atoms with Crippen molar-refractivity contribution in [1.82, 2.24) is 19.6 Å². The average Bonchev–Trinajstić information content (AvgIpc) is 3.04. The molecule has 0 saturated heterocycles. The molecule has 6 nitrogen and oxygen atoms in total. The largest absolute Gasteiger partial charge is 0.321 e. The number of benzene rings is 1. The van der Waals surface area contributed by atoms with Crippen LogP contribution in [-0.4, -0.2) is 25.5 Å². The van der Waals surface area contributed by atoms with E-state index in [0.29, 0.717) is 27.4 Å². The summed E-state index contributed by atoms with van der Waals surface area (Å²) >= 11 is 9.18. The van der Waals surface area contributed by atoms with Crippen molar-refractivity contribution >= 4 is 39.1 Å². The SMILES string of the molecule is Cn1cc(Br)c(C(=O)Nc2cccc(Cn3cc(Cl)cn3)c2)n1. The van der Waals surface area contributed by atoms with E-state index in [9.17, 15) is 4.79 Å². The number of hydrogen-bond donors (Lipinski definition) is 1. The van der Waals surface area contributed by atoms with Crippen LogP contribution < -0.4 is 5.32 Å². The Labute approximate surface area is 146 Å². The van der Waals surface area contributed by atoms with E-state index in [2.05, 4.69) is 31.4 Å². The van der Waals surface area contributed by atoms with Crippen molar-refractivity contribution in [2.75, 3.05) is 5.32 Å². The Hall–Kier alpha value is -2.12. The van der Waals surface area contributed by atoms with Gasteiger partial charge < -0.3 is 5.32 Å². The quantitative estimate of drug-likeness (QED) is 0.738. The fraction of sp³-hybridized carbons (Fsp3) is 0.133. The molecule has 8 heteroatoms. The summed E-state index contributed by atoms with van der Waals surface area (Å²) in [6, 6.07) is 7.56. The van der Waals surface area contributed by atoms with Gasteiger partial charge in [-0.2, -0.15) is 10.2 Å². The number of nitrogens with zero attached hydrogens (tertiary/aromatic N) is 4. The van der Waals surface area contributed by atoms with Gasteiger partial charge in [-0.1, -0.05) is 23.7 Å². The normalized spacial score (nSPS) is 10.7. The average molecular weight is 395 g/mol. The minimum atomic E-state index is -0.267. The van der Waals surface area contributed by atoms with Crippen molar-refractivity contribution < 1.29 is 4.79 Å². The number of aryl methyl sites for hydroxylation is 1. The van der Waals surface area contributed by atoms with Crippen LogP contribution in [0.15, 0.2) is 47.3 Å². The molecule has 0 saturated carbocycles. The Morgan fingerprint density at radius 2 is 2.22 bits per heavy atom. The van der Waals surface area contributed by atoms with Crippen LogP contribution in [0.2, 0.25) is 5.02 Å². The summed E-state index contributed by atoms with van der Waals surface area (Å²) in [7, 11) is 1.76. The number of halogens is 2. The zero-order valence-electron chi connectivity index (χ0n) is 12.2. The predicted octanol–water partition coefficient (Wildman–Crippen LogP) is 3.33. The second-order valence-electron chi connectivity index (χ2n) is 5.01. The van der Waals surface area contributed by atoms with Crippen LogP contribution in [0.5, 0.6) is 0 Å². The van der Waals surface area contributed by atoms with Crippen LogP contribution in [-0.2, 0) is 13.6 Å². The third kappa shape index (κ3) is 3.80. The highest BCUT2D eigenvalue weighted by Gasteiger charge is 2.14. The lowest BCUT2D eigenvalue weighted by molar-refractivity contribution is 0.102. The summed E-state index contributed by atoms with van der Waals surface area (Å²) in [5, 5.41) is 11.7. The molecule has 1 aromatic carbocycles. The highest BCUT2D eigenvalue weighted by Crippen LogP contribution is 2.18. The Bertz CT molecular complexity index is 857. The maximum atomic E-state index is 12.3. The van der Waals surface area contributed by atoms with Crippen molar-refractivity contribution in [3.05, 3.63) is 63.6 Å². The smallest absolute Gasteiger partial charge is 0.277 e. The molecule has 0 atom stereocenters. The number of rotatable bonds is 4. The first-order valence-corrected chi connectivity index (χ1v) is 7.96. The molecule has 3 aromatic rings. The lowest BCUT2D eigenvalue weighted by Crippen LogP contribution is -2.14. The molecule has 0 aliphatic heterocycles. The highest BCUT2D eigenvalue weighted by molar-refractivity contribution is 9.10. The number of nitrogens with one attached hydrogen (secondary N) is 1. The fourth-order valence-electron chi connectivity index (χ4n) is 2.16. The molecule has 3 rings (SSSR count). The predicted molar refractivity (Wildman–Crippen MR) is 91.6 cm³/mol. The van der Waals surface area contributed by atoms with E-state index < -0.39 is 0 Å². The van der Waals surface area contributed by atoms with E-state index in [1.165, 1.54) is 0 Å². The van der Waals surface area contributed by atoms with Crippen LogP contribution >= 0.6 is 27.5 Å². The van der Waals surface area contributed by atoms with Gasteiger partial charge in [-0.25, -0.2) is 0 Å². The van der Waals surface area contributed by atoms with Gasteiger partial charge in [-0.05, 0) is 33.6 Å². The summed E-state index contributed by atoms with van der Waals surface area (Å²) in [6.07, 6.45) is 5.07. The summed E-state index contributed by atoms with van der Waals surface area (Å²) in [6.45, 7) is 0.573. The van der Waals surface area contributed by atoms with Crippen molar-refractivity contribution in [3.8, 4) is 0 Å². The lowest BCUT2D eigenvalue weighted by atomic mass is 10.2. The van der Waals surface area contributed by atoms with Gasteiger partial charge in [0.2, 0.25) is 0 Å². The van der Waals surface area contributed by atoms with Gasteiger partial charge >= 0.3 is 0 Å². The van der Waals surface area contributed by atoms with Crippen LogP contribution in [0.1, 0.15) is 16.1 Å². The van der Waals surface area contributed by atoms with Gasteiger partial charge in [0, 0.05) is 25.1 Å². The minimum absolute atomic E-state index is 0.267. The monoisotopic (exact) mass is 393 g/mol. The molecule has 1 amide bonds. The molecule has 1 N–H and O–H groups in total. The molecule has 2 heterocycles. The fourth-order valence-corrected chi connectivity index (χ4v) is 2.87. The molecule has 0 aliphatic rings. The highest BCUT2D eigenvalue weighted by atomic mass is 79.9. The first-order valence-electron chi connectivity index (χ1n) is 6.78. The van der Waals surface area contributed by atoms with Crippen molar-refractivity contribution in [2.24, 2.45) is 7.05 Å². The van der Waals surface area contributed by atoms with E-state index in [4.69, 9.17) is 11.6 Å². The Kier molecular flexibility index (Phi) is 4.49. The van der Waals surface area contributed by atoms with Gasteiger partial charge in [0.15, 0.2) is 5.69 Å². The Balaban J connectivity index is 1.74. The van der Waals surface area contributed by atoms with Gasteiger partial charge in [0.1, 0.15) is 0 Å². The number of hydrogen-bond acceptors (Lipinski definition) is 3. The number of carbonyl (C=O) groups excluding carboxylic acids is 1. The maximum Gasteiger partial charge on any atom is 0.277 e. The number of carbonyl (C=O) groups is 1. The third-order valence-electron chi connectivity index (χ3n) is 3.13. The van der Waals surface area contributed by atoms with Gasteiger partial charge in [0.05, 0.1) is 22.2 Å². The summed E-state index contributed by atoms with van der Waals surface area (Å²) in [5.41, 5.74) is 2.04. The van der Waals surface area contributed by atoms with Crippen LogP contribution in [0.3, 0.4) is 0 Å². The first-order chi connectivity index (χ1) is 11.0. The second kappa shape index (κ2) is 6.55. The summed E-state index contributed by atoms with van der Waals surface area (Å²) in [4.78, 5) is 12.3. The summed E-state index contributed by atoms with van der Waals surface area (Å²) < 4.78 is 3.97. The Morgan fingerprint density at radius 1 is 1.39 bits per heavy atom. The molecule has 0 radical (unpaired) electrons. The van der Waals surface area contributed by atoms with E-state index >= 15 is 0 Å². The Morgan fingerprint density at radius 3 is 2.87 bits per heavy atom. The topological polar surface area (TPSA) is 64.7 Å². The zero-order valence-corrected chi connectivity index (χ0v) is 14.5. The molecule has 0 unspecified atom stereocenters. The lowest BCUT2D eigenvalue weighted by Gasteiger charge is -2.07. The molecule has 0 spiro atoms. The van der Waals surface area contributed by atoms with E-state index in [1.807, 2.05) is 24.3 Å². The number of anilines is 1. The van der Waals surface area contributed by atoms with E-state index in [0.717, 1.165) is 5.56 Å². The molecule has 2 aromatic heterocycles. The molecule has 0 aliphatic carbocycles. The van der Waals surface area contributed by atoms with E-state index in [-0.39, 0.29) is 5.91 Å². The summed E-state index contributed by atoms with van der Waals surface area (Å²) in [5.74, 6) is -0.267. The molecular weight excluding hydrogens is 382 g/mol. The molecule has 23 heavy (non-hydrogen) atoms.